The first kappa shape index (κ1) is 41.7. The highest BCUT2D eigenvalue weighted by atomic mass is 32.1. The molecule has 0 radical (unpaired) electrons. The van der Waals surface area contributed by atoms with Crippen LogP contribution in [0.15, 0.2) is 41.9 Å². The second-order valence-corrected chi connectivity index (χ2v) is 17.9. The van der Waals surface area contributed by atoms with Crippen molar-refractivity contribution < 1.29 is 29.0 Å². The number of carbonyl (C=O) groups excluding carboxylic acids is 3. The number of hydrogen-bond acceptors (Lipinski definition) is 10. The second-order valence-electron chi connectivity index (χ2n) is 17.0. The number of nitrogens with zero attached hydrogens (tertiary/aromatic N) is 6. The molecule has 5 atom stereocenters. The summed E-state index contributed by atoms with van der Waals surface area (Å²) in [5, 5.41) is 19.8. The third kappa shape index (κ3) is 8.24. The van der Waals surface area contributed by atoms with Gasteiger partial charge in [-0.1, -0.05) is 33.8 Å². The highest BCUT2D eigenvalue weighted by Crippen LogP contribution is 2.42. The van der Waals surface area contributed by atoms with Crippen molar-refractivity contribution in [2.24, 2.45) is 11.3 Å². The van der Waals surface area contributed by atoms with Crippen LogP contribution in [0, 0.1) is 11.3 Å². The van der Waals surface area contributed by atoms with Crippen LogP contribution >= 0.6 is 11.3 Å². The maximum atomic E-state index is 14.4. The molecule has 15 heteroatoms. The van der Waals surface area contributed by atoms with Gasteiger partial charge in [0.2, 0.25) is 5.91 Å². The Kier molecular flexibility index (Phi) is 12.3. The van der Waals surface area contributed by atoms with E-state index < -0.39 is 29.8 Å². The summed E-state index contributed by atoms with van der Waals surface area (Å²) < 4.78 is 14.4. The molecule has 3 aliphatic heterocycles. The summed E-state index contributed by atoms with van der Waals surface area (Å²) >= 11 is 1.44. The SMILES string of the molecule is CCn1c(-c2cccnc2[C@H](C)OC)c2c3cc(ccc31)-c1csc(n1)C[C@H](NC(=O)[C@H](C(C)C)N1CCN(C)C1=O)C(=O)N1CCC[C@H](N1)C(O)OCC(C)(C)C2. The number of benzene rings is 1. The van der Waals surface area contributed by atoms with E-state index in [2.05, 4.69) is 60.3 Å². The van der Waals surface area contributed by atoms with Crippen LogP contribution in [0.4, 0.5) is 4.79 Å². The van der Waals surface area contributed by atoms with Gasteiger partial charge in [-0.15, -0.1) is 11.3 Å². The van der Waals surface area contributed by atoms with Gasteiger partial charge in [-0.3, -0.25) is 19.6 Å². The molecule has 0 aliphatic carbocycles. The number of aryl methyl sites for hydroxylation is 1. The molecule has 1 unspecified atom stereocenters. The van der Waals surface area contributed by atoms with Gasteiger partial charge >= 0.3 is 6.03 Å². The molecule has 4 amide bonds. The van der Waals surface area contributed by atoms with E-state index in [0.717, 1.165) is 51.2 Å². The number of fused-ring (bicyclic) bond motifs is 6. The van der Waals surface area contributed by atoms with E-state index in [1.165, 1.54) is 16.3 Å². The minimum atomic E-state index is -1.19. The van der Waals surface area contributed by atoms with Crippen LogP contribution in [0.3, 0.4) is 0 Å². The molecule has 2 saturated heterocycles. The number of hydrogen-bond donors (Lipinski definition) is 3. The van der Waals surface area contributed by atoms with Crippen LogP contribution in [0.2, 0.25) is 0 Å². The maximum absolute atomic E-state index is 14.4. The van der Waals surface area contributed by atoms with Crippen molar-refractivity contribution in [3.05, 3.63) is 58.2 Å². The lowest BCUT2D eigenvalue weighted by Crippen LogP contribution is -2.62. The fourth-order valence-corrected chi connectivity index (χ4v) is 9.53. The Hall–Kier alpha value is -4.41. The Morgan fingerprint density at radius 1 is 1.17 bits per heavy atom. The Balaban J connectivity index is 1.32. The van der Waals surface area contributed by atoms with Gasteiger partial charge in [0.15, 0.2) is 6.29 Å². The zero-order valence-electron chi connectivity index (χ0n) is 34.9. The van der Waals surface area contributed by atoms with Crippen molar-refractivity contribution in [3.8, 4) is 22.5 Å². The topological polar surface area (TPSA) is 154 Å². The lowest BCUT2D eigenvalue weighted by molar-refractivity contribution is -0.164. The van der Waals surface area contributed by atoms with Crippen LogP contribution < -0.4 is 10.7 Å². The number of hydrazine groups is 1. The molecule has 3 aromatic heterocycles. The Morgan fingerprint density at radius 3 is 2.67 bits per heavy atom. The number of ether oxygens (including phenoxy) is 2. The van der Waals surface area contributed by atoms with Gasteiger partial charge < -0.3 is 34.3 Å². The number of thiazole rings is 1. The second kappa shape index (κ2) is 17.1. The summed E-state index contributed by atoms with van der Waals surface area (Å²) in [5.74, 6) is -0.921. The minimum Gasteiger partial charge on any atom is -0.375 e. The first-order valence-electron chi connectivity index (χ1n) is 20.5. The molecule has 7 rings (SSSR count). The zero-order chi connectivity index (χ0) is 41.5. The largest absolute Gasteiger partial charge is 0.375 e. The Labute approximate surface area is 344 Å². The average Bonchev–Trinajstić information content (AvgIpc) is 3.90. The molecule has 6 heterocycles. The smallest absolute Gasteiger partial charge is 0.320 e. The van der Waals surface area contributed by atoms with Gasteiger partial charge in [0.1, 0.15) is 12.1 Å². The fraction of sp³-hybridized carbons (Fsp3) is 0.558. The van der Waals surface area contributed by atoms with E-state index in [9.17, 15) is 19.5 Å². The number of amides is 4. The normalized spacial score (nSPS) is 22.7. The number of urea groups is 1. The molecule has 14 nitrogen and oxygen atoms in total. The van der Waals surface area contributed by atoms with Gasteiger partial charge in [0.05, 0.1) is 40.8 Å². The molecule has 0 spiro atoms. The first-order chi connectivity index (χ1) is 27.7. The van der Waals surface area contributed by atoms with Crippen molar-refractivity contribution in [2.75, 3.05) is 40.4 Å². The number of pyridine rings is 1. The molecular weight excluding hydrogens is 757 g/mol. The van der Waals surface area contributed by atoms with Crippen LogP contribution in [0.1, 0.15) is 76.8 Å². The predicted molar refractivity (Wildman–Crippen MR) is 224 cm³/mol. The van der Waals surface area contributed by atoms with Gasteiger partial charge in [0.25, 0.3) is 5.91 Å². The number of nitrogens with one attached hydrogen (secondary N) is 2. The summed E-state index contributed by atoms with van der Waals surface area (Å²) in [6.07, 6.45) is 2.39. The van der Waals surface area contributed by atoms with Gasteiger partial charge in [-0.25, -0.2) is 15.2 Å². The fourth-order valence-electron chi connectivity index (χ4n) is 8.68. The quantitative estimate of drug-likeness (QED) is 0.213. The molecule has 6 bridgehead atoms. The van der Waals surface area contributed by atoms with E-state index in [0.29, 0.717) is 43.9 Å². The third-order valence-corrected chi connectivity index (χ3v) is 12.6. The van der Waals surface area contributed by atoms with Crippen LogP contribution in [-0.4, -0.2) is 117 Å². The number of aliphatic hydroxyl groups is 1. The van der Waals surface area contributed by atoms with E-state index >= 15 is 0 Å². The molecular formula is C43H58N8O6S. The summed E-state index contributed by atoms with van der Waals surface area (Å²) in [5.41, 5.74) is 9.69. The molecule has 1 aromatic carbocycles. The standard InChI is InChI=1S/C43H58N8O6S/c1-9-49-34-15-14-27-20-29(34)30(38(49)28-12-10-16-44-36(28)26(4)56-8)22-43(5,6)24-57-41(54)31-13-11-17-51(47-31)40(53)32(21-35-45-33(27)23-58-35)46-39(52)37(25(2)3)50-19-18-48(7)42(50)55/h10,12,14-16,20,23,25-26,31-32,37,41,47,54H,9,11,13,17-19,21-22,24H2,1-8H3,(H,46,52)/t26-,31-,32-,37-,41?/m0/s1. The summed E-state index contributed by atoms with van der Waals surface area (Å²) in [6, 6.07) is 8.02. The van der Waals surface area contributed by atoms with Crippen molar-refractivity contribution in [1.29, 1.82) is 0 Å². The van der Waals surface area contributed by atoms with Gasteiger partial charge in [0, 0.05) is 80.4 Å². The average molecular weight is 815 g/mol. The van der Waals surface area contributed by atoms with Crippen LogP contribution in [0.25, 0.3) is 33.4 Å². The number of likely N-dealkylation sites (N-methyl/N-ethyl adjacent to an activating group) is 1. The van der Waals surface area contributed by atoms with E-state index in [4.69, 9.17) is 19.4 Å². The molecule has 0 saturated carbocycles. The summed E-state index contributed by atoms with van der Waals surface area (Å²) in [6.45, 7) is 14.6. The number of carbonyl (C=O) groups is 3. The highest BCUT2D eigenvalue weighted by Gasteiger charge is 2.41. The van der Waals surface area contributed by atoms with E-state index in [1.54, 1.807) is 30.2 Å². The predicted octanol–water partition coefficient (Wildman–Crippen LogP) is 5.39. The molecule has 58 heavy (non-hydrogen) atoms. The molecule has 3 N–H and O–H groups in total. The Morgan fingerprint density at radius 2 is 1.97 bits per heavy atom. The van der Waals surface area contributed by atoms with Crippen molar-refractivity contribution >= 4 is 40.1 Å². The lowest BCUT2D eigenvalue weighted by Gasteiger charge is -2.38. The van der Waals surface area contributed by atoms with Crippen LogP contribution in [-0.2, 0) is 38.4 Å². The zero-order valence-corrected chi connectivity index (χ0v) is 35.8. The number of aromatic nitrogens is 3. The van der Waals surface area contributed by atoms with E-state index in [1.807, 2.05) is 32.2 Å². The number of rotatable bonds is 8. The minimum absolute atomic E-state index is 0.148. The summed E-state index contributed by atoms with van der Waals surface area (Å²) in [4.78, 5) is 54.7. The monoisotopic (exact) mass is 814 g/mol. The van der Waals surface area contributed by atoms with Crippen molar-refractivity contribution in [1.82, 2.24) is 40.1 Å². The van der Waals surface area contributed by atoms with Crippen molar-refractivity contribution in [2.45, 2.75) is 104 Å². The highest BCUT2D eigenvalue weighted by molar-refractivity contribution is 7.10. The first-order valence-corrected chi connectivity index (χ1v) is 21.4. The number of aliphatic hydroxyl groups excluding tert-OH is 1. The van der Waals surface area contributed by atoms with Gasteiger partial charge in [-0.05, 0) is 74.3 Å². The molecule has 312 valence electrons. The summed E-state index contributed by atoms with van der Waals surface area (Å²) in [7, 11) is 3.42. The third-order valence-electron chi connectivity index (χ3n) is 11.8. The number of methoxy groups -OCH3 is 1. The maximum Gasteiger partial charge on any atom is 0.320 e. The van der Waals surface area contributed by atoms with Crippen molar-refractivity contribution in [3.63, 3.8) is 0 Å². The van der Waals surface area contributed by atoms with E-state index in [-0.39, 0.29) is 42.9 Å². The van der Waals surface area contributed by atoms with Gasteiger partial charge in [-0.2, -0.15) is 0 Å². The molecule has 2 fully saturated rings. The Bertz CT molecular complexity index is 2150. The lowest BCUT2D eigenvalue weighted by atomic mass is 9.84. The van der Waals surface area contributed by atoms with Crippen LogP contribution in [0.5, 0.6) is 0 Å². The molecule has 3 aliphatic rings. The molecule has 4 aromatic rings.